The van der Waals surface area contributed by atoms with Gasteiger partial charge in [0.1, 0.15) is 0 Å². The van der Waals surface area contributed by atoms with Crippen LogP contribution in [0.5, 0.6) is 0 Å². The molecule has 0 aliphatic heterocycles. The SMILES string of the molecule is Cc1nc(C2CCCC(C)C2)sc1C(C)O. The molecule has 90 valence electrons. The molecule has 0 spiro atoms. The van der Waals surface area contributed by atoms with E-state index in [0.717, 1.165) is 16.5 Å². The maximum absolute atomic E-state index is 9.64. The lowest BCUT2D eigenvalue weighted by molar-refractivity contribution is 0.202. The van der Waals surface area contributed by atoms with Gasteiger partial charge in [-0.1, -0.05) is 19.8 Å². The summed E-state index contributed by atoms with van der Waals surface area (Å²) in [5.74, 6) is 1.47. The first-order valence-electron chi connectivity index (χ1n) is 6.23. The van der Waals surface area contributed by atoms with Gasteiger partial charge < -0.3 is 5.11 Å². The second-order valence-corrected chi connectivity index (χ2v) is 6.21. The van der Waals surface area contributed by atoms with Gasteiger partial charge in [-0.3, -0.25) is 0 Å². The van der Waals surface area contributed by atoms with Crippen LogP contribution in [0, 0.1) is 12.8 Å². The number of aliphatic hydroxyl groups excluding tert-OH is 1. The minimum absolute atomic E-state index is 0.368. The third-order valence-electron chi connectivity index (χ3n) is 3.51. The van der Waals surface area contributed by atoms with Crippen molar-refractivity contribution in [3.63, 3.8) is 0 Å². The number of aromatic nitrogens is 1. The van der Waals surface area contributed by atoms with Crippen molar-refractivity contribution in [3.8, 4) is 0 Å². The quantitative estimate of drug-likeness (QED) is 0.851. The van der Waals surface area contributed by atoms with E-state index in [9.17, 15) is 5.11 Å². The van der Waals surface area contributed by atoms with Gasteiger partial charge in [-0.15, -0.1) is 11.3 Å². The topological polar surface area (TPSA) is 33.1 Å². The molecular weight excluding hydrogens is 218 g/mol. The number of aliphatic hydroxyl groups is 1. The summed E-state index contributed by atoms with van der Waals surface area (Å²) in [6.07, 6.45) is 4.87. The smallest absolute Gasteiger partial charge is 0.0963 e. The normalized spacial score (nSPS) is 28.0. The highest BCUT2D eigenvalue weighted by atomic mass is 32.1. The van der Waals surface area contributed by atoms with Gasteiger partial charge in [-0.2, -0.15) is 0 Å². The average Bonchev–Trinajstić information content (AvgIpc) is 2.60. The van der Waals surface area contributed by atoms with Crippen LogP contribution in [0.2, 0.25) is 0 Å². The van der Waals surface area contributed by atoms with Crippen LogP contribution in [0.25, 0.3) is 0 Å². The van der Waals surface area contributed by atoms with E-state index in [4.69, 9.17) is 0 Å². The summed E-state index contributed by atoms with van der Waals surface area (Å²) in [6.45, 7) is 6.17. The lowest BCUT2D eigenvalue weighted by Gasteiger charge is -2.24. The fraction of sp³-hybridized carbons (Fsp3) is 0.769. The monoisotopic (exact) mass is 239 g/mol. The van der Waals surface area contributed by atoms with Crippen LogP contribution in [0.4, 0.5) is 0 Å². The van der Waals surface area contributed by atoms with Crippen LogP contribution in [0.3, 0.4) is 0 Å². The van der Waals surface area contributed by atoms with Gasteiger partial charge in [-0.25, -0.2) is 4.98 Å². The number of rotatable bonds is 2. The Bertz CT molecular complexity index is 359. The Kier molecular flexibility index (Phi) is 3.65. The Labute approximate surface area is 102 Å². The minimum atomic E-state index is -0.368. The van der Waals surface area contributed by atoms with Gasteiger partial charge in [0.15, 0.2) is 0 Å². The van der Waals surface area contributed by atoms with E-state index in [1.54, 1.807) is 11.3 Å². The Morgan fingerprint density at radius 1 is 1.44 bits per heavy atom. The van der Waals surface area contributed by atoms with E-state index in [-0.39, 0.29) is 6.10 Å². The van der Waals surface area contributed by atoms with Gasteiger partial charge >= 0.3 is 0 Å². The van der Waals surface area contributed by atoms with Crippen molar-refractivity contribution < 1.29 is 5.11 Å². The minimum Gasteiger partial charge on any atom is -0.388 e. The molecule has 1 aliphatic carbocycles. The van der Waals surface area contributed by atoms with Crippen LogP contribution in [-0.4, -0.2) is 10.1 Å². The summed E-state index contributed by atoms with van der Waals surface area (Å²) >= 11 is 1.72. The van der Waals surface area contributed by atoms with Crippen LogP contribution < -0.4 is 0 Å². The molecule has 2 rings (SSSR count). The molecule has 1 N–H and O–H groups in total. The lowest BCUT2D eigenvalue weighted by Crippen LogP contribution is -2.11. The second-order valence-electron chi connectivity index (χ2n) is 5.15. The molecule has 3 unspecified atom stereocenters. The lowest BCUT2D eigenvalue weighted by atomic mass is 9.83. The molecule has 1 aromatic rings. The maximum Gasteiger partial charge on any atom is 0.0963 e. The summed E-state index contributed by atoms with van der Waals surface area (Å²) in [4.78, 5) is 5.70. The molecular formula is C13H21NOS. The molecule has 0 aromatic carbocycles. The van der Waals surface area contributed by atoms with Crippen LogP contribution in [-0.2, 0) is 0 Å². The Balaban J connectivity index is 2.17. The predicted octanol–water partition coefficient (Wildman–Crippen LogP) is 3.80. The van der Waals surface area contributed by atoms with Crippen molar-refractivity contribution in [2.45, 2.75) is 58.5 Å². The molecule has 3 atom stereocenters. The van der Waals surface area contributed by atoms with Gasteiger partial charge in [-0.05, 0) is 32.6 Å². The van der Waals surface area contributed by atoms with Crippen molar-refractivity contribution in [2.24, 2.45) is 5.92 Å². The van der Waals surface area contributed by atoms with E-state index >= 15 is 0 Å². The molecule has 1 aliphatic rings. The molecule has 0 saturated heterocycles. The van der Waals surface area contributed by atoms with Gasteiger partial charge in [0.05, 0.1) is 21.7 Å². The highest BCUT2D eigenvalue weighted by Gasteiger charge is 2.24. The number of thiazole rings is 1. The molecule has 0 bridgehead atoms. The van der Waals surface area contributed by atoms with E-state index in [1.807, 2.05) is 13.8 Å². The van der Waals surface area contributed by atoms with E-state index in [0.29, 0.717) is 5.92 Å². The van der Waals surface area contributed by atoms with E-state index < -0.39 is 0 Å². The first-order chi connectivity index (χ1) is 7.58. The van der Waals surface area contributed by atoms with Crippen LogP contribution >= 0.6 is 11.3 Å². The zero-order valence-electron chi connectivity index (χ0n) is 10.4. The van der Waals surface area contributed by atoms with Crippen molar-refractivity contribution in [2.75, 3.05) is 0 Å². The number of aryl methyl sites for hydroxylation is 1. The highest BCUT2D eigenvalue weighted by molar-refractivity contribution is 7.11. The first-order valence-corrected chi connectivity index (χ1v) is 7.05. The molecule has 3 heteroatoms. The van der Waals surface area contributed by atoms with Crippen molar-refractivity contribution in [3.05, 3.63) is 15.6 Å². The number of hydrogen-bond donors (Lipinski definition) is 1. The molecule has 1 aromatic heterocycles. The van der Waals surface area contributed by atoms with E-state index in [2.05, 4.69) is 11.9 Å². The van der Waals surface area contributed by atoms with Gasteiger partial charge in [0, 0.05) is 5.92 Å². The average molecular weight is 239 g/mol. The van der Waals surface area contributed by atoms with Crippen molar-refractivity contribution in [1.82, 2.24) is 4.98 Å². The fourth-order valence-electron chi connectivity index (χ4n) is 2.65. The molecule has 1 fully saturated rings. The third-order valence-corrected chi connectivity index (χ3v) is 5.00. The van der Waals surface area contributed by atoms with Crippen molar-refractivity contribution in [1.29, 1.82) is 0 Å². The molecule has 1 saturated carbocycles. The Morgan fingerprint density at radius 2 is 2.19 bits per heavy atom. The van der Waals surface area contributed by atoms with Crippen LogP contribution in [0.15, 0.2) is 0 Å². The molecule has 0 radical (unpaired) electrons. The number of hydrogen-bond acceptors (Lipinski definition) is 3. The largest absolute Gasteiger partial charge is 0.388 e. The summed E-state index contributed by atoms with van der Waals surface area (Å²) in [7, 11) is 0. The zero-order chi connectivity index (χ0) is 11.7. The number of nitrogens with zero attached hydrogens (tertiary/aromatic N) is 1. The maximum atomic E-state index is 9.64. The standard InChI is InChI=1S/C13H21NOS/c1-8-5-4-6-11(7-8)13-14-9(2)12(16-13)10(3)15/h8,10-11,15H,4-7H2,1-3H3. The van der Waals surface area contributed by atoms with Crippen LogP contribution in [0.1, 0.15) is 67.1 Å². The Morgan fingerprint density at radius 3 is 2.75 bits per heavy atom. The van der Waals surface area contributed by atoms with Crippen molar-refractivity contribution >= 4 is 11.3 Å². The third kappa shape index (κ3) is 2.46. The summed E-state index contributed by atoms with van der Waals surface area (Å²) in [5, 5.41) is 10.9. The fourth-order valence-corrected chi connectivity index (χ4v) is 3.80. The summed E-state index contributed by atoms with van der Waals surface area (Å²) in [5.41, 5.74) is 1.02. The van der Waals surface area contributed by atoms with Gasteiger partial charge in [0.25, 0.3) is 0 Å². The molecule has 1 heterocycles. The molecule has 0 amide bonds. The zero-order valence-corrected chi connectivity index (χ0v) is 11.2. The summed E-state index contributed by atoms with van der Waals surface area (Å²) in [6, 6.07) is 0. The highest BCUT2D eigenvalue weighted by Crippen LogP contribution is 2.39. The molecule has 16 heavy (non-hydrogen) atoms. The Hall–Kier alpha value is -0.410. The van der Waals surface area contributed by atoms with Gasteiger partial charge in [0.2, 0.25) is 0 Å². The first kappa shape index (κ1) is 12.1. The molecule has 2 nitrogen and oxygen atoms in total. The predicted molar refractivity (Wildman–Crippen MR) is 67.9 cm³/mol. The van der Waals surface area contributed by atoms with E-state index in [1.165, 1.54) is 30.7 Å². The second kappa shape index (κ2) is 4.84. The summed E-state index contributed by atoms with van der Waals surface area (Å²) < 4.78 is 0.